The lowest BCUT2D eigenvalue weighted by Gasteiger charge is -2.24. The maximum absolute atomic E-state index is 10.4. The molecular weight excluding hydrogens is 250 g/mol. The van der Waals surface area contributed by atoms with Gasteiger partial charge in [-0.15, -0.1) is 0 Å². The topological polar surface area (TPSA) is 36.6 Å². The van der Waals surface area contributed by atoms with Gasteiger partial charge in [0.1, 0.15) is 11.5 Å². The molecule has 0 spiro atoms. The van der Waals surface area contributed by atoms with Crippen LogP contribution in [0.25, 0.3) is 0 Å². The summed E-state index contributed by atoms with van der Waals surface area (Å²) < 4.78 is 5.58. The molecule has 0 bridgehead atoms. The van der Waals surface area contributed by atoms with E-state index in [4.69, 9.17) is 4.42 Å². The monoisotopic (exact) mass is 273 g/mol. The minimum Gasteiger partial charge on any atom is -0.465 e. The van der Waals surface area contributed by atoms with Gasteiger partial charge in [0.15, 0.2) is 0 Å². The first-order valence-electron chi connectivity index (χ1n) is 7.03. The molecule has 0 aliphatic rings. The molecule has 3 nitrogen and oxygen atoms in total. The first-order chi connectivity index (χ1) is 9.56. The number of aliphatic hydroxyl groups is 1. The lowest BCUT2D eigenvalue weighted by Crippen LogP contribution is -2.27. The molecule has 2 rings (SSSR count). The largest absolute Gasteiger partial charge is 0.465 e. The molecule has 0 radical (unpaired) electrons. The Hall–Kier alpha value is -1.58. The summed E-state index contributed by atoms with van der Waals surface area (Å²) in [6, 6.07) is 13.8. The number of furan rings is 1. The second-order valence-electron chi connectivity index (χ2n) is 5.54. The van der Waals surface area contributed by atoms with Crippen LogP contribution in [0.2, 0.25) is 0 Å². The van der Waals surface area contributed by atoms with Crippen LogP contribution in [0.5, 0.6) is 0 Å². The van der Waals surface area contributed by atoms with Crippen LogP contribution in [0.4, 0.5) is 0 Å². The minimum atomic E-state index is -0.433. The number of nitrogens with zero attached hydrogens (tertiary/aromatic N) is 1. The standard InChI is InChI=1S/C17H23NO2/c1-13(17(19)15-7-5-4-6-8-15)11-18(3)12-16-10-9-14(2)20-16/h4-10,13,17,19H,11-12H2,1-3H3. The van der Waals surface area contributed by atoms with Crippen molar-refractivity contribution in [2.75, 3.05) is 13.6 Å². The molecular formula is C17H23NO2. The Morgan fingerprint density at radius 2 is 1.85 bits per heavy atom. The zero-order valence-corrected chi connectivity index (χ0v) is 12.4. The van der Waals surface area contributed by atoms with Crippen LogP contribution in [0.3, 0.4) is 0 Å². The molecule has 108 valence electrons. The van der Waals surface area contributed by atoms with Crippen molar-refractivity contribution >= 4 is 0 Å². The van der Waals surface area contributed by atoms with Crippen molar-refractivity contribution in [3.63, 3.8) is 0 Å². The molecule has 1 N–H and O–H groups in total. The Bertz CT molecular complexity index is 521. The average Bonchev–Trinajstić information content (AvgIpc) is 2.84. The minimum absolute atomic E-state index is 0.165. The predicted molar refractivity (Wildman–Crippen MR) is 80.3 cm³/mol. The molecule has 2 atom stereocenters. The summed E-state index contributed by atoms with van der Waals surface area (Å²) in [5.41, 5.74) is 0.974. The molecule has 2 unspecified atom stereocenters. The molecule has 1 heterocycles. The average molecular weight is 273 g/mol. The molecule has 20 heavy (non-hydrogen) atoms. The molecule has 3 heteroatoms. The smallest absolute Gasteiger partial charge is 0.118 e. The van der Waals surface area contributed by atoms with Gasteiger partial charge in [-0.3, -0.25) is 4.90 Å². The van der Waals surface area contributed by atoms with Crippen molar-refractivity contribution in [3.05, 3.63) is 59.5 Å². The van der Waals surface area contributed by atoms with Crippen LogP contribution < -0.4 is 0 Å². The number of hydrogen-bond donors (Lipinski definition) is 1. The van der Waals surface area contributed by atoms with Gasteiger partial charge >= 0.3 is 0 Å². The molecule has 2 aromatic rings. The highest BCUT2D eigenvalue weighted by Gasteiger charge is 2.18. The summed E-state index contributed by atoms with van der Waals surface area (Å²) in [6.07, 6.45) is -0.433. The first kappa shape index (κ1) is 14.8. The normalized spacial score (nSPS) is 14.4. The fourth-order valence-corrected chi connectivity index (χ4v) is 2.47. The summed E-state index contributed by atoms with van der Waals surface area (Å²) in [4.78, 5) is 2.18. The summed E-state index contributed by atoms with van der Waals surface area (Å²) in [5, 5.41) is 10.4. The van der Waals surface area contributed by atoms with Crippen molar-refractivity contribution < 1.29 is 9.52 Å². The molecule has 0 fully saturated rings. The first-order valence-corrected chi connectivity index (χ1v) is 7.03. The highest BCUT2D eigenvalue weighted by molar-refractivity contribution is 5.17. The Morgan fingerprint density at radius 1 is 1.15 bits per heavy atom. The van der Waals surface area contributed by atoms with Gasteiger partial charge < -0.3 is 9.52 Å². The molecule has 0 amide bonds. The fraction of sp³-hybridized carbons (Fsp3) is 0.412. The third kappa shape index (κ3) is 3.95. The van der Waals surface area contributed by atoms with E-state index in [0.29, 0.717) is 0 Å². The van der Waals surface area contributed by atoms with E-state index < -0.39 is 6.10 Å². The van der Waals surface area contributed by atoms with Gasteiger partial charge in [-0.1, -0.05) is 37.3 Å². The summed E-state index contributed by atoms with van der Waals surface area (Å²) in [5.74, 6) is 2.07. The van der Waals surface area contributed by atoms with Gasteiger partial charge in [-0.25, -0.2) is 0 Å². The van der Waals surface area contributed by atoms with Crippen molar-refractivity contribution in [3.8, 4) is 0 Å². The third-order valence-electron chi connectivity index (χ3n) is 3.50. The van der Waals surface area contributed by atoms with Crippen LogP contribution in [-0.2, 0) is 6.54 Å². The van der Waals surface area contributed by atoms with E-state index in [0.717, 1.165) is 30.2 Å². The lowest BCUT2D eigenvalue weighted by molar-refractivity contribution is 0.0916. The number of aryl methyl sites for hydroxylation is 1. The van der Waals surface area contributed by atoms with Gasteiger partial charge in [0, 0.05) is 6.54 Å². The van der Waals surface area contributed by atoms with Gasteiger partial charge in [0.2, 0.25) is 0 Å². The second-order valence-corrected chi connectivity index (χ2v) is 5.54. The maximum atomic E-state index is 10.4. The van der Waals surface area contributed by atoms with Gasteiger partial charge in [0.05, 0.1) is 12.6 Å². The molecule has 1 aromatic heterocycles. The number of aliphatic hydroxyl groups excluding tert-OH is 1. The zero-order valence-electron chi connectivity index (χ0n) is 12.4. The fourth-order valence-electron chi connectivity index (χ4n) is 2.47. The molecule has 0 aliphatic carbocycles. The van der Waals surface area contributed by atoms with Crippen LogP contribution in [-0.4, -0.2) is 23.6 Å². The van der Waals surface area contributed by atoms with E-state index in [9.17, 15) is 5.11 Å². The summed E-state index contributed by atoms with van der Waals surface area (Å²) >= 11 is 0. The SMILES string of the molecule is Cc1ccc(CN(C)CC(C)C(O)c2ccccc2)o1. The van der Waals surface area contributed by atoms with Crippen molar-refractivity contribution in [1.82, 2.24) is 4.90 Å². The molecule has 0 saturated carbocycles. The Balaban J connectivity index is 1.88. The van der Waals surface area contributed by atoms with E-state index in [1.807, 2.05) is 56.4 Å². The summed E-state index contributed by atoms with van der Waals surface area (Å²) in [7, 11) is 2.05. The quantitative estimate of drug-likeness (QED) is 0.876. The van der Waals surface area contributed by atoms with Crippen molar-refractivity contribution in [1.29, 1.82) is 0 Å². The highest BCUT2D eigenvalue weighted by atomic mass is 16.3. The van der Waals surface area contributed by atoms with E-state index in [-0.39, 0.29) is 5.92 Å². The highest BCUT2D eigenvalue weighted by Crippen LogP contribution is 2.22. The molecule has 0 aliphatic heterocycles. The van der Waals surface area contributed by atoms with E-state index in [1.54, 1.807) is 0 Å². The molecule has 1 aromatic carbocycles. The molecule has 0 saturated heterocycles. The zero-order chi connectivity index (χ0) is 14.5. The number of rotatable bonds is 6. The Morgan fingerprint density at radius 3 is 2.45 bits per heavy atom. The number of hydrogen-bond acceptors (Lipinski definition) is 3. The maximum Gasteiger partial charge on any atom is 0.118 e. The van der Waals surface area contributed by atoms with E-state index >= 15 is 0 Å². The predicted octanol–water partition coefficient (Wildman–Crippen LogP) is 3.39. The lowest BCUT2D eigenvalue weighted by atomic mass is 9.97. The van der Waals surface area contributed by atoms with Gasteiger partial charge in [-0.2, -0.15) is 0 Å². The Labute approximate surface area is 120 Å². The van der Waals surface area contributed by atoms with E-state index in [1.165, 1.54) is 0 Å². The third-order valence-corrected chi connectivity index (χ3v) is 3.50. The van der Waals surface area contributed by atoms with Crippen LogP contribution in [0, 0.1) is 12.8 Å². The van der Waals surface area contributed by atoms with E-state index in [2.05, 4.69) is 11.8 Å². The van der Waals surface area contributed by atoms with Gasteiger partial charge in [-0.05, 0) is 37.6 Å². The van der Waals surface area contributed by atoms with Crippen molar-refractivity contribution in [2.45, 2.75) is 26.5 Å². The van der Waals surface area contributed by atoms with Crippen LogP contribution >= 0.6 is 0 Å². The van der Waals surface area contributed by atoms with Crippen LogP contribution in [0.15, 0.2) is 46.9 Å². The Kier molecular flexibility index (Phi) is 4.99. The number of benzene rings is 1. The van der Waals surface area contributed by atoms with Gasteiger partial charge in [0.25, 0.3) is 0 Å². The van der Waals surface area contributed by atoms with Crippen LogP contribution in [0.1, 0.15) is 30.1 Å². The van der Waals surface area contributed by atoms with Crippen molar-refractivity contribution in [2.24, 2.45) is 5.92 Å². The summed E-state index contributed by atoms with van der Waals surface area (Å²) in [6.45, 7) is 5.60. The second kappa shape index (κ2) is 6.73.